The highest BCUT2D eigenvalue weighted by atomic mass is 35.5. The summed E-state index contributed by atoms with van der Waals surface area (Å²) in [6, 6.07) is 10.1. The van der Waals surface area contributed by atoms with Crippen LogP contribution in [0, 0.1) is 0 Å². The maximum atomic E-state index is 12.1. The van der Waals surface area contributed by atoms with E-state index in [1.807, 2.05) is 0 Å². The van der Waals surface area contributed by atoms with Crippen molar-refractivity contribution in [1.29, 1.82) is 0 Å². The number of rotatable bonds is 5. The standard InChI is InChI=1S/C13H14ClN3O2S/c1-2-16-20(18,19)12-7-4-8-15-13(12)17-11-6-3-5-10(14)9-11/h3-9,16H,2H2,1H3,(H,15,17). The number of anilines is 2. The molecule has 0 atom stereocenters. The lowest BCUT2D eigenvalue weighted by atomic mass is 10.3. The van der Waals surface area contributed by atoms with Crippen LogP contribution in [-0.2, 0) is 10.0 Å². The number of aromatic nitrogens is 1. The Bertz CT molecular complexity index is 704. The van der Waals surface area contributed by atoms with Gasteiger partial charge in [0.2, 0.25) is 10.0 Å². The molecule has 2 rings (SSSR count). The maximum absolute atomic E-state index is 12.1. The van der Waals surface area contributed by atoms with Gasteiger partial charge in [0.05, 0.1) is 0 Å². The van der Waals surface area contributed by atoms with Crippen LogP contribution < -0.4 is 10.0 Å². The zero-order valence-electron chi connectivity index (χ0n) is 10.8. The molecule has 1 aromatic carbocycles. The molecule has 0 saturated heterocycles. The zero-order chi connectivity index (χ0) is 14.6. The molecule has 0 unspecified atom stereocenters. The van der Waals surface area contributed by atoms with Gasteiger partial charge in [0.1, 0.15) is 4.90 Å². The van der Waals surface area contributed by atoms with Gasteiger partial charge in [-0.3, -0.25) is 0 Å². The van der Waals surface area contributed by atoms with Crippen molar-refractivity contribution in [3.63, 3.8) is 0 Å². The summed E-state index contributed by atoms with van der Waals surface area (Å²) in [7, 11) is -3.58. The molecule has 0 fully saturated rings. The first-order valence-electron chi connectivity index (χ1n) is 6.00. The third kappa shape index (κ3) is 3.47. The minimum absolute atomic E-state index is 0.0989. The number of hydrogen-bond acceptors (Lipinski definition) is 4. The van der Waals surface area contributed by atoms with Crippen LogP contribution in [0.5, 0.6) is 0 Å². The molecule has 0 spiro atoms. The lowest BCUT2D eigenvalue weighted by Crippen LogP contribution is -2.24. The van der Waals surface area contributed by atoms with Gasteiger partial charge in [-0.15, -0.1) is 0 Å². The largest absolute Gasteiger partial charge is 0.339 e. The van der Waals surface area contributed by atoms with Crippen LogP contribution in [0.2, 0.25) is 5.02 Å². The first-order chi connectivity index (χ1) is 9.53. The Morgan fingerprint density at radius 3 is 2.75 bits per heavy atom. The van der Waals surface area contributed by atoms with E-state index in [2.05, 4.69) is 15.0 Å². The Morgan fingerprint density at radius 2 is 2.05 bits per heavy atom. The van der Waals surface area contributed by atoms with Crippen molar-refractivity contribution >= 4 is 33.1 Å². The van der Waals surface area contributed by atoms with Gasteiger partial charge in [-0.2, -0.15) is 0 Å². The number of nitrogens with zero attached hydrogens (tertiary/aromatic N) is 1. The lowest BCUT2D eigenvalue weighted by molar-refractivity contribution is 0.584. The smallest absolute Gasteiger partial charge is 0.244 e. The van der Waals surface area contributed by atoms with Gasteiger partial charge in [-0.05, 0) is 30.3 Å². The van der Waals surface area contributed by atoms with Crippen molar-refractivity contribution in [1.82, 2.24) is 9.71 Å². The number of hydrogen-bond donors (Lipinski definition) is 2. The molecule has 20 heavy (non-hydrogen) atoms. The van der Waals surface area contributed by atoms with Crippen LogP contribution in [0.15, 0.2) is 47.5 Å². The van der Waals surface area contributed by atoms with Gasteiger partial charge in [0.15, 0.2) is 5.82 Å². The van der Waals surface area contributed by atoms with E-state index >= 15 is 0 Å². The minimum atomic E-state index is -3.58. The second-order valence-electron chi connectivity index (χ2n) is 3.99. The molecule has 0 aliphatic heterocycles. The van der Waals surface area contributed by atoms with E-state index in [0.29, 0.717) is 17.3 Å². The Kier molecular flexibility index (Phi) is 4.59. The highest BCUT2D eigenvalue weighted by Gasteiger charge is 2.18. The second kappa shape index (κ2) is 6.21. The molecular formula is C13H14ClN3O2S. The third-order valence-electron chi connectivity index (χ3n) is 2.48. The first kappa shape index (κ1) is 14.8. The highest BCUT2D eigenvalue weighted by Crippen LogP contribution is 2.23. The summed E-state index contributed by atoms with van der Waals surface area (Å²) in [6.07, 6.45) is 1.53. The number of nitrogens with one attached hydrogen (secondary N) is 2. The first-order valence-corrected chi connectivity index (χ1v) is 7.86. The summed E-state index contributed by atoms with van der Waals surface area (Å²) in [6.45, 7) is 2.03. The molecule has 0 saturated carbocycles. The van der Waals surface area contributed by atoms with Crippen LogP contribution >= 0.6 is 11.6 Å². The summed E-state index contributed by atoms with van der Waals surface area (Å²) < 4.78 is 26.6. The van der Waals surface area contributed by atoms with E-state index in [-0.39, 0.29) is 10.7 Å². The zero-order valence-corrected chi connectivity index (χ0v) is 12.4. The van der Waals surface area contributed by atoms with Gasteiger partial charge in [-0.1, -0.05) is 24.6 Å². The summed E-state index contributed by atoms with van der Waals surface area (Å²) in [5, 5.41) is 3.52. The van der Waals surface area contributed by atoms with E-state index in [0.717, 1.165) is 0 Å². The SMILES string of the molecule is CCNS(=O)(=O)c1cccnc1Nc1cccc(Cl)c1. The summed E-state index contributed by atoms with van der Waals surface area (Å²) in [5.74, 6) is 0.260. The van der Waals surface area contributed by atoms with Gasteiger partial charge < -0.3 is 5.32 Å². The van der Waals surface area contributed by atoms with Crippen LogP contribution in [0.3, 0.4) is 0 Å². The van der Waals surface area contributed by atoms with E-state index in [4.69, 9.17) is 11.6 Å². The normalized spacial score (nSPS) is 11.3. The molecule has 5 nitrogen and oxygen atoms in total. The minimum Gasteiger partial charge on any atom is -0.339 e. The van der Waals surface area contributed by atoms with Crippen LogP contribution in [0.4, 0.5) is 11.5 Å². The summed E-state index contributed by atoms with van der Waals surface area (Å²) >= 11 is 5.90. The number of sulfonamides is 1. The summed E-state index contributed by atoms with van der Waals surface area (Å²) in [5.41, 5.74) is 0.671. The Hall–Kier alpha value is -1.63. The fraction of sp³-hybridized carbons (Fsp3) is 0.154. The average molecular weight is 312 g/mol. The van der Waals surface area contributed by atoms with E-state index in [9.17, 15) is 8.42 Å². The molecule has 7 heteroatoms. The Morgan fingerprint density at radius 1 is 1.25 bits per heavy atom. The van der Waals surface area contributed by atoms with E-state index in [1.165, 1.54) is 12.3 Å². The fourth-order valence-corrected chi connectivity index (χ4v) is 3.01. The molecule has 0 radical (unpaired) electrons. The van der Waals surface area contributed by atoms with Crippen LogP contribution in [-0.4, -0.2) is 19.9 Å². The van der Waals surface area contributed by atoms with Crippen LogP contribution in [0.1, 0.15) is 6.92 Å². The average Bonchev–Trinajstić information content (AvgIpc) is 2.39. The van der Waals surface area contributed by atoms with Crippen molar-refractivity contribution in [3.05, 3.63) is 47.6 Å². The van der Waals surface area contributed by atoms with Crippen molar-refractivity contribution < 1.29 is 8.42 Å². The lowest BCUT2D eigenvalue weighted by Gasteiger charge is -2.11. The molecule has 0 amide bonds. The van der Waals surface area contributed by atoms with Gasteiger partial charge in [-0.25, -0.2) is 18.1 Å². The van der Waals surface area contributed by atoms with Gasteiger partial charge in [0, 0.05) is 23.5 Å². The number of pyridine rings is 1. The van der Waals surface area contributed by atoms with Crippen molar-refractivity contribution in [2.45, 2.75) is 11.8 Å². The Balaban J connectivity index is 2.38. The highest BCUT2D eigenvalue weighted by molar-refractivity contribution is 7.89. The van der Waals surface area contributed by atoms with Gasteiger partial charge in [0.25, 0.3) is 0 Å². The van der Waals surface area contributed by atoms with Crippen molar-refractivity contribution in [2.24, 2.45) is 0 Å². The molecule has 1 heterocycles. The molecule has 0 aliphatic carbocycles. The van der Waals surface area contributed by atoms with Crippen molar-refractivity contribution in [2.75, 3.05) is 11.9 Å². The Labute approximate surface area is 123 Å². The van der Waals surface area contributed by atoms with E-state index < -0.39 is 10.0 Å². The molecule has 106 valence electrons. The maximum Gasteiger partial charge on any atom is 0.244 e. The number of benzene rings is 1. The molecule has 0 aliphatic rings. The number of halogens is 1. The molecule has 2 aromatic rings. The molecule has 0 bridgehead atoms. The summed E-state index contributed by atoms with van der Waals surface area (Å²) in [4.78, 5) is 4.18. The quantitative estimate of drug-likeness (QED) is 0.890. The van der Waals surface area contributed by atoms with Crippen molar-refractivity contribution in [3.8, 4) is 0 Å². The predicted octanol–water partition coefficient (Wildman–Crippen LogP) is 2.78. The fourth-order valence-electron chi connectivity index (χ4n) is 1.67. The van der Waals surface area contributed by atoms with Crippen LogP contribution in [0.25, 0.3) is 0 Å². The predicted molar refractivity (Wildman–Crippen MR) is 79.8 cm³/mol. The van der Waals surface area contributed by atoms with E-state index in [1.54, 1.807) is 37.3 Å². The monoisotopic (exact) mass is 311 g/mol. The molecular weight excluding hydrogens is 298 g/mol. The topological polar surface area (TPSA) is 71.1 Å². The van der Waals surface area contributed by atoms with Gasteiger partial charge >= 0.3 is 0 Å². The third-order valence-corrected chi connectivity index (χ3v) is 4.29. The molecule has 1 aromatic heterocycles. The molecule has 2 N–H and O–H groups in total. The second-order valence-corrected chi connectivity index (χ2v) is 6.16.